The van der Waals surface area contributed by atoms with E-state index in [9.17, 15) is 4.79 Å². The van der Waals surface area contributed by atoms with Gasteiger partial charge in [0.1, 0.15) is 5.75 Å². The highest BCUT2D eigenvalue weighted by Crippen LogP contribution is 2.54. The number of nitrogen functional groups attached to an aromatic ring is 1. The Labute approximate surface area is 222 Å². The van der Waals surface area contributed by atoms with Crippen molar-refractivity contribution in [2.24, 2.45) is 5.92 Å². The van der Waals surface area contributed by atoms with Crippen LogP contribution in [0.1, 0.15) is 99.5 Å². The van der Waals surface area contributed by atoms with Crippen LogP contribution in [0.5, 0.6) is 5.75 Å². The number of rotatable bonds is 7. The third-order valence-corrected chi connectivity index (χ3v) is 8.64. The largest absolute Gasteiger partial charge is 0.423 e. The number of benzene rings is 3. The maximum Gasteiger partial charge on any atom is 0.343 e. The molecule has 0 fully saturated rings. The second kappa shape index (κ2) is 10.2. The normalized spacial score (nSPS) is 17.9. The molecule has 1 atom stereocenters. The summed E-state index contributed by atoms with van der Waals surface area (Å²) in [7, 11) is 0. The van der Waals surface area contributed by atoms with Gasteiger partial charge in [0.25, 0.3) is 0 Å². The van der Waals surface area contributed by atoms with E-state index in [1.807, 2.05) is 24.3 Å². The molecule has 3 nitrogen and oxygen atoms in total. The van der Waals surface area contributed by atoms with Crippen molar-refractivity contribution < 1.29 is 9.53 Å². The van der Waals surface area contributed by atoms with Crippen LogP contribution in [0.4, 0.5) is 5.69 Å². The van der Waals surface area contributed by atoms with E-state index in [0.29, 0.717) is 22.9 Å². The van der Waals surface area contributed by atoms with Gasteiger partial charge in [0.05, 0.1) is 5.56 Å². The van der Waals surface area contributed by atoms with Crippen LogP contribution in [0.25, 0.3) is 11.6 Å². The smallest absolute Gasteiger partial charge is 0.343 e. The van der Waals surface area contributed by atoms with Crippen molar-refractivity contribution >= 4 is 23.3 Å². The average Bonchev–Trinajstić information content (AvgIpc) is 3.00. The van der Waals surface area contributed by atoms with Crippen LogP contribution in [-0.4, -0.2) is 5.97 Å². The summed E-state index contributed by atoms with van der Waals surface area (Å²) in [6.45, 7) is 16.4. The second-order valence-electron chi connectivity index (χ2n) is 11.7. The van der Waals surface area contributed by atoms with Gasteiger partial charge in [0, 0.05) is 5.69 Å². The molecule has 194 valence electrons. The van der Waals surface area contributed by atoms with Gasteiger partial charge in [-0.3, -0.25) is 0 Å². The summed E-state index contributed by atoms with van der Waals surface area (Å²) in [5.74, 6) is 0.668. The molecule has 0 bridgehead atoms. The monoisotopic (exact) mass is 495 g/mol. The molecule has 37 heavy (non-hydrogen) atoms. The first kappa shape index (κ1) is 26.7. The van der Waals surface area contributed by atoms with Gasteiger partial charge in [0.15, 0.2) is 0 Å². The van der Waals surface area contributed by atoms with Crippen molar-refractivity contribution in [2.45, 2.75) is 78.6 Å². The first-order chi connectivity index (χ1) is 17.4. The zero-order valence-electron chi connectivity index (χ0n) is 23.4. The summed E-state index contributed by atoms with van der Waals surface area (Å²) >= 11 is 0. The van der Waals surface area contributed by atoms with Crippen LogP contribution in [0.15, 0.2) is 60.7 Å². The van der Waals surface area contributed by atoms with Gasteiger partial charge in [0.2, 0.25) is 0 Å². The van der Waals surface area contributed by atoms with Crippen molar-refractivity contribution in [3.05, 3.63) is 94.0 Å². The number of hydrogen-bond donors (Lipinski definition) is 1. The van der Waals surface area contributed by atoms with Crippen molar-refractivity contribution in [3.8, 4) is 5.75 Å². The molecule has 0 heterocycles. The Balaban J connectivity index is 1.63. The van der Waals surface area contributed by atoms with Crippen molar-refractivity contribution in [1.29, 1.82) is 0 Å². The van der Waals surface area contributed by atoms with Crippen LogP contribution in [0, 0.1) is 5.92 Å². The number of fused-ring (bicyclic) bond motifs is 1. The Morgan fingerprint density at radius 3 is 2.14 bits per heavy atom. The van der Waals surface area contributed by atoms with Gasteiger partial charge in [-0.15, -0.1) is 0 Å². The Hall–Kier alpha value is -3.33. The number of aryl methyl sites for hydroxylation is 1. The van der Waals surface area contributed by atoms with Gasteiger partial charge in [-0.05, 0) is 106 Å². The highest BCUT2D eigenvalue weighted by atomic mass is 16.5. The molecule has 3 aromatic rings. The Kier molecular flexibility index (Phi) is 7.37. The third kappa shape index (κ3) is 5.23. The quantitative estimate of drug-likeness (QED) is 0.154. The van der Waals surface area contributed by atoms with Crippen LogP contribution in [0.2, 0.25) is 0 Å². The fraction of sp³-hybridized carbons (Fsp3) is 0.382. The van der Waals surface area contributed by atoms with Crippen LogP contribution < -0.4 is 10.5 Å². The lowest BCUT2D eigenvalue weighted by Crippen LogP contribution is -2.30. The van der Waals surface area contributed by atoms with Gasteiger partial charge in [-0.2, -0.15) is 0 Å². The number of hydrogen-bond acceptors (Lipinski definition) is 3. The Morgan fingerprint density at radius 1 is 0.946 bits per heavy atom. The van der Waals surface area contributed by atoms with E-state index in [0.717, 1.165) is 12.0 Å². The molecule has 4 rings (SSSR count). The molecule has 0 amide bonds. The molecule has 2 N–H and O–H groups in total. The zero-order valence-corrected chi connectivity index (χ0v) is 23.4. The highest BCUT2D eigenvalue weighted by Gasteiger charge is 2.48. The summed E-state index contributed by atoms with van der Waals surface area (Å²) in [5.41, 5.74) is 15.2. The van der Waals surface area contributed by atoms with E-state index in [1.54, 1.807) is 24.3 Å². The van der Waals surface area contributed by atoms with E-state index in [2.05, 4.69) is 66.7 Å². The molecule has 0 saturated carbocycles. The summed E-state index contributed by atoms with van der Waals surface area (Å²) < 4.78 is 5.48. The number of nitrogens with two attached hydrogens (primary N) is 1. The van der Waals surface area contributed by atoms with E-state index >= 15 is 0 Å². The average molecular weight is 496 g/mol. The van der Waals surface area contributed by atoms with Crippen molar-refractivity contribution in [1.82, 2.24) is 0 Å². The standard InChI is InChI=1S/C34H41NO2/c1-8-9-10-26-20-30-31(34(6,7)23(3)33(30,4)5)21-29(26)22(2)19-24-11-13-25(14-12-24)32(36)37-28-17-15-27(35)16-18-28/h11-21,23H,8-10,35H2,1-7H3. The second-order valence-corrected chi connectivity index (χ2v) is 11.7. The summed E-state index contributed by atoms with van der Waals surface area (Å²) in [6.07, 6.45) is 5.68. The molecule has 3 heteroatoms. The SMILES string of the molecule is CCCCc1cc2c(cc1C(C)=Cc1ccc(C(=O)Oc3ccc(N)cc3)cc1)C(C)(C)C(C)C2(C)C. The summed E-state index contributed by atoms with van der Waals surface area (Å²) in [5, 5.41) is 0. The lowest BCUT2D eigenvalue weighted by atomic mass is 9.71. The van der Waals surface area contributed by atoms with Crippen LogP contribution in [-0.2, 0) is 17.3 Å². The molecule has 0 spiro atoms. The predicted octanol–water partition coefficient (Wildman–Crippen LogP) is 8.60. The maximum atomic E-state index is 12.6. The van der Waals surface area contributed by atoms with Crippen LogP contribution >= 0.6 is 0 Å². The predicted molar refractivity (Wildman–Crippen MR) is 156 cm³/mol. The van der Waals surface area contributed by atoms with Crippen molar-refractivity contribution in [3.63, 3.8) is 0 Å². The maximum absolute atomic E-state index is 12.6. The van der Waals surface area contributed by atoms with Gasteiger partial charge in [-0.1, -0.05) is 78.3 Å². The molecule has 0 radical (unpaired) electrons. The minimum Gasteiger partial charge on any atom is -0.423 e. The van der Waals surface area contributed by atoms with Crippen LogP contribution in [0.3, 0.4) is 0 Å². The molecule has 1 aliphatic rings. The number of allylic oxidation sites excluding steroid dienone is 1. The molecule has 0 aromatic heterocycles. The van der Waals surface area contributed by atoms with E-state index in [1.165, 1.54) is 40.7 Å². The third-order valence-electron chi connectivity index (χ3n) is 8.64. The molecule has 1 unspecified atom stereocenters. The number of esters is 1. The first-order valence-electron chi connectivity index (χ1n) is 13.5. The topological polar surface area (TPSA) is 52.3 Å². The number of carbonyl (C=O) groups is 1. The summed E-state index contributed by atoms with van der Waals surface area (Å²) in [6, 6.07) is 19.4. The molecule has 0 aliphatic heterocycles. The fourth-order valence-electron chi connectivity index (χ4n) is 5.77. The molecular weight excluding hydrogens is 454 g/mol. The first-order valence-corrected chi connectivity index (χ1v) is 13.5. The Bertz CT molecular complexity index is 1310. The molecular formula is C34H41NO2. The summed E-state index contributed by atoms with van der Waals surface area (Å²) in [4.78, 5) is 12.6. The Morgan fingerprint density at radius 2 is 1.54 bits per heavy atom. The van der Waals surface area contributed by atoms with E-state index in [4.69, 9.17) is 10.5 Å². The molecule has 0 saturated heterocycles. The molecule has 1 aliphatic carbocycles. The zero-order chi connectivity index (χ0) is 27.0. The fourth-order valence-corrected chi connectivity index (χ4v) is 5.77. The number of ether oxygens (including phenoxy) is 1. The number of anilines is 1. The lowest BCUT2D eigenvalue weighted by molar-refractivity contribution is 0.0735. The van der Waals surface area contributed by atoms with Crippen molar-refractivity contribution in [2.75, 3.05) is 5.73 Å². The highest BCUT2D eigenvalue weighted by molar-refractivity contribution is 5.91. The molecule has 3 aromatic carbocycles. The van der Waals surface area contributed by atoms with E-state index < -0.39 is 0 Å². The van der Waals surface area contributed by atoms with Gasteiger partial charge >= 0.3 is 5.97 Å². The van der Waals surface area contributed by atoms with Gasteiger partial charge in [-0.25, -0.2) is 4.79 Å². The minimum atomic E-state index is -0.378. The van der Waals surface area contributed by atoms with E-state index in [-0.39, 0.29) is 16.8 Å². The number of unbranched alkanes of at least 4 members (excludes halogenated alkanes) is 1. The minimum absolute atomic E-state index is 0.129. The number of carbonyl (C=O) groups excluding carboxylic acids is 1. The lowest BCUT2D eigenvalue weighted by Gasteiger charge is -2.32. The van der Waals surface area contributed by atoms with Gasteiger partial charge < -0.3 is 10.5 Å².